The van der Waals surface area contributed by atoms with Gasteiger partial charge in [0.25, 0.3) is 5.95 Å². The molecule has 3 rings (SSSR count). The van der Waals surface area contributed by atoms with Gasteiger partial charge >= 0.3 is 0 Å². The molecule has 23 heavy (non-hydrogen) atoms. The summed E-state index contributed by atoms with van der Waals surface area (Å²) in [5.74, 6) is 1.24. The van der Waals surface area contributed by atoms with Gasteiger partial charge in [-0.1, -0.05) is 12.1 Å². The molecule has 0 saturated carbocycles. The first kappa shape index (κ1) is 15.2. The molecular weight excluding hydrogens is 312 g/mol. The van der Waals surface area contributed by atoms with Crippen LogP contribution in [0.4, 0.5) is 0 Å². The number of aryl methyl sites for hydroxylation is 2. The Balaban J connectivity index is 2.04. The Morgan fingerprint density at radius 3 is 2.78 bits per heavy atom. The number of methoxy groups -OCH3 is 1. The van der Waals surface area contributed by atoms with E-state index in [0.29, 0.717) is 10.7 Å². The number of benzene rings is 1. The number of para-hydroxylation sites is 1. The van der Waals surface area contributed by atoms with E-state index in [1.54, 1.807) is 18.0 Å². The van der Waals surface area contributed by atoms with Crippen LogP contribution in [0.5, 0.6) is 5.75 Å². The van der Waals surface area contributed by atoms with Gasteiger partial charge < -0.3 is 4.74 Å². The third-order valence-electron chi connectivity index (χ3n) is 3.28. The third-order valence-corrected chi connectivity index (χ3v) is 3.55. The van der Waals surface area contributed by atoms with Crippen LogP contribution in [0.15, 0.2) is 35.4 Å². The first-order valence-electron chi connectivity index (χ1n) is 6.98. The minimum Gasteiger partial charge on any atom is -0.496 e. The summed E-state index contributed by atoms with van der Waals surface area (Å²) in [6.45, 7) is 3.87. The second-order valence-electron chi connectivity index (χ2n) is 4.97. The normalized spacial score (nSPS) is 11.3. The second kappa shape index (κ2) is 6.17. The van der Waals surface area contributed by atoms with Crippen LogP contribution in [-0.4, -0.2) is 38.0 Å². The number of hydrogen-bond donors (Lipinski definition) is 1. The number of nitrogens with zero attached hydrogens (tertiary/aromatic N) is 5. The number of ether oxygens (including phenoxy) is 1. The van der Waals surface area contributed by atoms with Crippen LogP contribution in [-0.2, 0) is 0 Å². The molecule has 1 aromatic carbocycles. The highest BCUT2D eigenvalue weighted by Crippen LogP contribution is 2.15. The predicted molar refractivity (Wildman–Crippen MR) is 90.0 cm³/mol. The van der Waals surface area contributed by atoms with Crippen molar-refractivity contribution in [3.63, 3.8) is 0 Å². The fraction of sp³-hybridized carbons (Fsp3) is 0.200. The molecule has 0 radical (unpaired) electrons. The number of hydrogen-bond acceptors (Lipinski definition) is 5. The molecule has 0 aliphatic rings. The van der Waals surface area contributed by atoms with Gasteiger partial charge in [0.2, 0.25) is 4.77 Å². The van der Waals surface area contributed by atoms with Gasteiger partial charge in [0, 0.05) is 11.3 Å². The van der Waals surface area contributed by atoms with Crippen molar-refractivity contribution in [2.45, 2.75) is 13.8 Å². The number of rotatable bonds is 4. The summed E-state index contributed by atoms with van der Waals surface area (Å²) < 4.78 is 8.93. The van der Waals surface area contributed by atoms with E-state index < -0.39 is 0 Å². The molecule has 0 amide bonds. The van der Waals surface area contributed by atoms with Crippen LogP contribution in [0.25, 0.3) is 5.95 Å². The van der Waals surface area contributed by atoms with Crippen molar-refractivity contribution in [3.05, 3.63) is 52.1 Å². The summed E-state index contributed by atoms with van der Waals surface area (Å²) in [5.41, 5.74) is 2.69. The second-order valence-corrected chi connectivity index (χ2v) is 5.35. The molecule has 0 spiro atoms. The molecule has 7 nitrogen and oxygen atoms in total. The summed E-state index contributed by atoms with van der Waals surface area (Å²) in [7, 11) is 1.62. The van der Waals surface area contributed by atoms with Crippen molar-refractivity contribution in [1.29, 1.82) is 0 Å². The topological polar surface area (TPSA) is 73.0 Å². The third kappa shape index (κ3) is 2.93. The number of H-pyrrole nitrogens is 1. The minimum atomic E-state index is 0.388. The number of aromatic nitrogens is 5. The van der Waals surface area contributed by atoms with Gasteiger partial charge in [-0.2, -0.15) is 14.9 Å². The van der Waals surface area contributed by atoms with Crippen LogP contribution in [0, 0.1) is 18.6 Å². The van der Waals surface area contributed by atoms with Gasteiger partial charge in [-0.3, -0.25) is 0 Å². The molecule has 2 aromatic heterocycles. The van der Waals surface area contributed by atoms with Crippen molar-refractivity contribution >= 4 is 18.4 Å². The van der Waals surface area contributed by atoms with Crippen LogP contribution in [0.1, 0.15) is 17.0 Å². The lowest BCUT2D eigenvalue weighted by Gasteiger charge is -2.04. The summed E-state index contributed by atoms with van der Waals surface area (Å²) >= 11 is 5.26. The lowest BCUT2D eigenvalue weighted by molar-refractivity contribution is 0.414. The molecule has 3 aromatic rings. The van der Waals surface area contributed by atoms with Crippen molar-refractivity contribution in [2.24, 2.45) is 5.10 Å². The molecule has 0 unspecified atom stereocenters. The Morgan fingerprint density at radius 1 is 1.30 bits per heavy atom. The largest absolute Gasteiger partial charge is 0.496 e. The number of nitrogens with one attached hydrogen (secondary N) is 1. The van der Waals surface area contributed by atoms with Gasteiger partial charge in [0.15, 0.2) is 0 Å². The molecule has 0 fully saturated rings. The first-order valence-corrected chi connectivity index (χ1v) is 7.39. The summed E-state index contributed by atoms with van der Waals surface area (Å²) in [5, 5.41) is 15.8. The molecular formula is C15H16N6OS. The zero-order valence-electron chi connectivity index (χ0n) is 13.0. The fourth-order valence-corrected chi connectivity index (χ4v) is 2.42. The highest BCUT2D eigenvalue weighted by molar-refractivity contribution is 7.71. The summed E-state index contributed by atoms with van der Waals surface area (Å²) in [4.78, 5) is 0. The maximum atomic E-state index is 5.32. The van der Waals surface area contributed by atoms with E-state index in [1.165, 1.54) is 4.68 Å². The maximum absolute atomic E-state index is 5.32. The van der Waals surface area contributed by atoms with Gasteiger partial charge in [-0.05, 0) is 44.3 Å². The quantitative estimate of drug-likeness (QED) is 0.590. The Kier molecular flexibility index (Phi) is 4.07. The van der Waals surface area contributed by atoms with Crippen LogP contribution < -0.4 is 4.74 Å². The molecule has 0 aliphatic carbocycles. The molecule has 0 aliphatic heterocycles. The number of aromatic amines is 1. The van der Waals surface area contributed by atoms with E-state index in [0.717, 1.165) is 22.7 Å². The first-order chi connectivity index (χ1) is 11.1. The van der Waals surface area contributed by atoms with Gasteiger partial charge in [-0.25, -0.2) is 9.78 Å². The van der Waals surface area contributed by atoms with Crippen LogP contribution >= 0.6 is 12.2 Å². The molecule has 1 N–H and O–H groups in total. The fourth-order valence-electron chi connectivity index (χ4n) is 2.25. The van der Waals surface area contributed by atoms with E-state index >= 15 is 0 Å². The molecule has 0 atom stereocenters. The van der Waals surface area contributed by atoms with Gasteiger partial charge in [0.05, 0.1) is 19.0 Å². The molecule has 0 bridgehead atoms. The van der Waals surface area contributed by atoms with E-state index in [2.05, 4.69) is 20.4 Å². The van der Waals surface area contributed by atoms with Crippen molar-refractivity contribution in [1.82, 2.24) is 24.7 Å². The lowest BCUT2D eigenvalue weighted by Crippen LogP contribution is -2.07. The van der Waals surface area contributed by atoms with E-state index in [4.69, 9.17) is 17.0 Å². The Labute approximate surface area is 138 Å². The van der Waals surface area contributed by atoms with Gasteiger partial charge in [0.1, 0.15) is 5.75 Å². The summed E-state index contributed by atoms with van der Waals surface area (Å²) in [6.07, 6.45) is 1.68. The lowest BCUT2D eigenvalue weighted by atomic mass is 10.2. The van der Waals surface area contributed by atoms with Crippen LogP contribution in [0.3, 0.4) is 0 Å². The maximum Gasteiger partial charge on any atom is 0.271 e. The average Bonchev–Trinajstić information content (AvgIpc) is 3.07. The SMILES string of the molecule is COc1ccccc1/C=N\n1c(-n2nc(C)cc2C)n[nH]c1=S. The molecule has 8 heteroatoms. The average molecular weight is 328 g/mol. The predicted octanol–water partition coefficient (Wildman–Crippen LogP) is 2.63. The monoisotopic (exact) mass is 328 g/mol. The zero-order chi connectivity index (χ0) is 16.4. The molecule has 118 valence electrons. The van der Waals surface area contributed by atoms with Crippen LogP contribution in [0.2, 0.25) is 0 Å². The van der Waals surface area contributed by atoms with Gasteiger partial charge in [-0.15, -0.1) is 5.10 Å². The Hall–Kier alpha value is -2.74. The highest BCUT2D eigenvalue weighted by atomic mass is 32.1. The molecule has 2 heterocycles. The van der Waals surface area contributed by atoms with Crippen molar-refractivity contribution in [3.8, 4) is 11.7 Å². The van der Waals surface area contributed by atoms with E-state index in [9.17, 15) is 0 Å². The van der Waals surface area contributed by atoms with Crippen molar-refractivity contribution in [2.75, 3.05) is 7.11 Å². The minimum absolute atomic E-state index is 0.388. The highest BCUT2D eigenvalue weighted by Gasteiger charge is 2.11. The molecule has 0 saturated heterocycles. The summed E-state index contributed by atoms with van der Waals surface area (Å²) in [6, 6.07) is 9.57. The standard InChI is InChI=1S/C15H16N6OS/c1-10-8-11(2)20(19-10)14-17-18-15(23)21(14)16-9-12-6-4-5-7-13(12)22-3/h4-9H,1-3H3,(H,18,23)/b16-9-. The zero-order valence-corrected chi connectivity index (χ0v) is 13.8. The smallest absolute Gasteiger partial charge is 0.271 e. The Morgan fingerprint density at radius 2 is 2.09 bits per heavy atom. The van der Waals surface area contributed by atoms with E-state index in [1.807, 2.05) is 44.2 Å². The Bertz CT molecular complexity index is 920. The van der Waals surface area contributed by atoms with E-state index in [-0.39, 0.29) is 0 Å². The van der Waals surface area contributed by atoms with Crippen molar-refractivity contribution < 1.29 is 4.74 Å².